The summed E-state index contributed by atoms with van der Waals surface area (Å²) in [4.78, 5) is 31.1. The number of fused-ring (bicyclic) bond motifs is 1. The van der Waals surface area contributed by atoms with Gasteiger partial charge in [0.1, 0.15) is 5.82 Å². The Balaban J connectivity index is 1.30. The maximum atomic E-state index is 13.1. The number of carbonyl (C=O) groups excluding carboxylic acids is 1. The zero-order chi connectivity index (χ0) is 22.7. The van der Waals surface area contributed by atoms with Crippen LogP contribution in [0.5, 0.6) is 0 Å². The van der Waals surface area contributed by atoms with Gasteiger partial charge in [-0.25, -0.2) is 17.6 Å². The van der Waals surface area contributed by atoms with Crippen LogP contribution in [-0.2, 0) is 14.8 Å². The van der Waals surface area contributed by atoms with Crippen molar-refractivity contribution < 1.29 is 17.6 Å². The molecule has 3 N–H and O–H groups in total. The number of carbonyl (C=O) groups is 1. The fourth-order valence-electron chi connectivity index (χ4n) is 3.76. The Kier molecular flexibility index (Phi) is 6.40. The van der Waals surface area contributed by atoms with Crippen LogP contribution in [0.1, 0.15) is 12.8 Å². The SMILES string of the molecule is O=C(CCN1CCCN(S(=O)(=O)c2ccc(F)cc2)CC1)Nc1ccc2[nH]c(=O)[nH]c2c1. The highest BCUT2D eigenvalue weighted by Gasteiger charge is 2.27. The quantitative estimate of drug-likeness (QED) is 0.517. The zero-order valence-electron chi connectivity index (χ0n) is 17.3. The predicted octanol–water partition coefficient (Wildman–Crippen LogP) is 1.72. The largest absolute Gasteiger partial charge is 0.326 e. The normalized spacial score (nSPS) is 16.2. The number of rotatable bonds is 6. The monoisotopic (exact) mass is 461 g/mol. The molecule has 170 valence electrons. The van der Waals surface area contributed by atoms with E-state index in [9.17, 15) is 22.4 Å². The standard InChI is InChI=1S/C21H24FN5O4S/c22-15-2-5-17(6-3-15)32(30,31)27-10-1-9-26(12-13-27)11-8-20(28)23-16-4-7-18-19(14-16)25-21(29)24-18/h2-7,14H,1,8-13H2,(H,23,28)(H2,24,25,29). The molecule has 9 nitrogen and oxygen atoms in total. The summed E-state index contributed by atoms with van der Waals surface area (Å²) in [5.74, 6) is -0.646. The molecule has 4 rings (SSSR count). The lowest BCUT2D eigenvalue weighted by Gasteiger charge is -2.21. The van der Waals surface area contributed by atoms with Crippen LogP contribution >= 0.6 is 0 Å². The number of anilines is 1. The number of hydrogen-bond donors (Lipinski definition) is 3. The van der Waals surface area contributed by atoms with Crippen LogP contribution < -0.4 is 11.0 Å². The Morgan fingerprint density at radius 1 is 1.00 bits per heavy atom. The number of H-pyrrole nitrogens is 2. The van der Waals surface area contributed by atoms with Crippen LogP contribution in [0.25, 0.3) is 11.0 Å². The van der Waals surface area contributed by atoms with Crippen LogP contribution in [0.2, 0.25) is 0 Å². The molecule has 0 unspecified atom stereocenters. The molecule has 0 atom stereocenters. The Morgan fingerprint density at radius 3 is 2.53 bits per heavy atom. The molecule has 0 aliphatic carbocycles. The van der Waals surface area contributed by atoms with Gasteiger partial charge in [-0.05, 0) is 55.4 Å². The third kappa shape index (κ3) is 5.06. The molecule has 0 spiro atoms. The third-order valence-electron chi connectivity index (χ3n) is 5.45. The molecule has 1 amide bonds. The van der Waals surface area contributed by atoms with Crippen LogP contribution in [0.4, 0.5) is 10.1 Å². The van der Waals surface area contributed by atoms with Gasteiger partial charge in [0.25, 0.3) is 0 Å². The number of nitrogens with zero attached hydrogens (tertiary/aromatic N) is 2. The smallest absolute Gasteiger partial charge is 0.323 e. The van der Waals surface area contributed by atoms with Crippen molar-refractivity contribution in [3.05, 3.63) is 58.8 Å². The summed E-state index contributed by atoms with van der Waals surface area (Å²) in [6.07, 6.45) is 0.895. The maximum absolute atomic E-state index is 13.1. The fraction of sp³-hybridized carbons (Fsp3) is 0.333. The van der Waals surface area contributed by atoms with Crippen molar-refractivity contribution in [3.8, 4) is 0 Å². The van der Waals surface area contributed by atoms with Crippen LogP contribution in [0.15, 0.2) is 52.2 Å². The van der Waals surface area contributed by atoms with E-state index in [1.807, 2.05) is 0 Å². The summed E-state index contributed by atoms with van der Waals surface area (Å²) in [5, 5.41) is 2.82. The fourth-order valence-corrected chi connectivity index (χ4v) is 5.23. The second-order valence-electron chi connectivity index (χ2n) is 7.69. The summed E-state index contributed by atoms with van der Waals surface area (Å²) < 4.78 is 40.2. The summed E-state index contributed by atoms with van der Waals surface area (Å²) in [5.41, 5.74) is 1.56. The van der Waals surface area contributed by atoms with Gasteiger partial charge in [-0.1, -0.05) is 0 Å². The minimum absolute atomic E-state index is 0.0764. The second kappa shape index (κ2) is 9.23. The highest BCUT2D eigenvalue weighted by Crippen LogP contribution is 2.19. The molecule has 0 radical (unpaired) electrons. The van der Waals surface area contributed by atoms with Crippen molar-refractivity contribution in [2.45, 2.75) is 17.7 Å². The summed E-state index contributed by atoms with van der Waals surface area (Å²) >= 11 is 0. The number of hydrogen-bond acceptors (Lipinski definition) is 5. The van der Waals surface area contributed by atoms with Crippen LogP contribution in [0, 0.1) is 5.82 Å². The van der Waals surface area contributed by atoms with Crippen molar-refractivity contribution in [1.82, 2.24) is 19.2 Å². The zero-order valence-corrected chi connectivity index (χ0v) is 18.1. The predicted molar refractivity (Wildman–Crippen MR) is 118 cm³/mol. The Bertz CT molecular complexity index is 1270. The van der Waals surface area contributed by atoms with E-state index in [4.69, 9.17) is 0 Å². The Labute approximate surface area is 184 Å². The van der Waals surface area contributed by atoms with Gasteiger partial charge in [-0.2, -0.15) is 4.31 Å². The van der Waals surface area contributed by atoms with Crippen molar-refractivity contribution in [1.29, 1.82) is 0 Å². The molecule has 1 aliphatic heterocycles. The van der Waals surface area contributed by atoms with E-state index in [-0.39, 0.29) is 22.9 Å². The number of amides is 1. The summed E-state index contributed by atoms with van der Waals surface area (Å²) in [7, 11) is -3.68. The molecule has 1 aliphatic rings. The molecule has 11 heteroatoms. The Hall–Kier alpha value is -3.02. The molecule has 1 fully saturated rings. The summed E-state index contributed by atoms with van der Waals surface area (Å²) in [6, 6.07) is 9.95. The van der Waals surface area contributed by atoms with Crippen molar-refractivity contribution in [2.75, 3.05) is 38.0 Å². The van der Waals surface area contributed by atoms with E-state index in [1.165, 1.54) is 16.4 Å². The van der Waals surface area contributed by atoms with Crippen molar-refractivity contribution in [3.63, 3.8) is 0 Å². The first-order valence-corrected chi connectivity index (χ1v) is 11.8. The Morgan fingerprint density at radius 2 is 1.75 bits per heavy atom. The van der Waals surface area contributed by atoms with E-state index >= 15 is 0 Å². The number of sulfonamides is 1. The summed E-state index contributed by atoms with van der Waals surface area (Å²) in [6.45, 7) is 2.36. The first-order valence-electron chi connectivity index (χ1n) is 10.3. The lowest BCUT2D eigenvalue weighted by molar-refractivity contribution is -0.116. The van der Waals surface area contributed by atoms with E-state index < -0.39 is 15.8 Å². The molecule has 1 aromatic heterocycles. The number of imidazole rings is 1. The average Bonchev–Trinajstić information content (AvgIpc) is 2.96. The number of aromatic nitrogens is 2. The highest BCUT2D eigenvalue weighted by atomic mass is 32.2. The van der Waals surface area contributed by atoms with Gasteiger partial charge < -0.3 is 20.2 Å². The third-order valence-corrected chi connectivity index (χ3v) is 7.37. The molecular formula is C21H24FN5O4S. The molecule has 3 aromatic rings. The van der Waals surface area contributed by atoms with Gasteiger partial charge in [0.2, 0.25) is 15.9 Å². The number of aromatic amines is 2. The second-order valence-corrected chi connectivity index (χ2v) is 9.63. The van der Waals surface area contributed by atoms with E-state index in [0.29, 0.717) is 55.9 Å². The van der Waals surface area contributed by atoms with Crippen LogP contribution in [0.3, 0.4) is 0 Å². The van der Waals surface area contributed by atoms with Crippen LogP contribution in [-0.4, -0.2) is 66.2 Å². The van der Waals surface area contributed by atoms with E-state index in [2.05, 4.69) is 20.2 Å². The molecule has 32 heavy (non-hydrogen) atoms. The van der Waals surface area contributed by atoms with Crippen molar-refractivity contribution >= 4 is 32.7 Å². The molecule has 0 saturated carbocycles. The first-order chi connectivity index (χ1) is 15.3. The van der Waals surface area contributed by atoms with Gasteiger partial charge >= 0.3 is 5.69 Å². The van der Waals surface area contributed by atoms with Gasteiger partial charge in [-0.3, -0.25) is 4.79 Å². The number of halogens is 1. The van der Waals surface area contributed by atoms with Crippen molar-refractivity contribution in [2.24, 2.45) is 0 Å². The van der Waals surface area contributed by atoms with E-state index in [0.717, 1.165) is 12.1 Å². The molecule has 2 aromatic carbocycles. The van der Waals surface area contributed by atoms with Gasteiger partial charge in [0.05, 0.1) is 15.9 Å². The first kappa shape index (κ1) is 22.2. The van der Waals surface area contributed by atoms with E-state index in [1.54, 1.807) is 18.2 Å². The highest BCUT2D eigenvalue weighted by molar-refractivity contribution is 7.89. The number of nitrogens with one attached hydrogen (secondary N) is 3. The lowest BCUT2D eigenvalue weighted by Crippen LogP contribution is -2.36. The maximum Gasteiger partial charge on any atom is 0.323 e. The molecule has 0 bridgehead atoms. The topological polar surface area (TPSA) is 118 Å². The van der Waals surface area contributed by atoms with Gasteiger partial charge in [0.15, 0.2) is 0 Å². The molecule has 2 heterocycles. The molecular weight excluding hydrogens is 437 g/mol. The molecule has 1 saturated heterocycles. The minimum atomic E-state index is -3.68. The van der Waals surface area contributed by atoms with Gasteiger partial charge in [0, 0.05) is 38.3 Å². The minimum Gasteiger partial charge on any atom is -0.326 e. The van der Waals surface area contributed by atoms with Gasteiger partial charge in [-0.15, -0.1) is 0 Å². The number of benzene rings is 2. The average molecular weight is 462 g/mol. The lowest BCUT2D eigenvalue weighted by atomic mass is 10.2.